The third-order valence-electron chi connectivity index (χ3n) is 4.32. The average Bonchev–Trinajstić information content (AvgIpc) is 2.51. The maximum Gasteiger partial charge on any atom is 0.200 e. The van der Waals surface area contributed by atoms with Crippen molar-refractivity contribution < 1.29 is 22.0 Å². The van der Waals surface area contributed by atoms with Gasteiger partial charge in [0.2, 0.25) is 5.82 Å². The van der Waals surface area contributed by atoms with Gasteiger partial charge in [-0.15, -0.1) is 0 Å². The SMILES string of the molecule is CCC1CCC(CNc2c(F)c(F)c(F)c(F)c2F)CC1. The van der Waals surface area contributed by atoms with Gasteiger partial charge in [0, 0.05) is 6.54 Å². The van der Waals surface area contributed by atoms with E-state index < -0.39 is 34.8 Å². The van der Waals surface area contributed by atoms with E-state index in [1.165, 1.54) is 0 Å². The number of halogens is 5. The molecule has 0 unspecified atom stereocenters. The molecule has 21 heavy (non-hydrogen) atoms. The van der Waals surface area contributed by atoms with Crippen molar-refractivity contribution in [2.75, 3.05) is 11.9 Å². The van der Waals surface area contributed by atoms with Crippen molar-refractivity contribution >= 4 is 5.69 Å². The second-order valence-corrected chi connectivity index (χ2v) is 5.62. The first-order valence-corrected chi connectivity index (χ1v) is 7.21. The first kappa shape index (κ1) is 16.0. The van der Waals surface area contributed by atoms with Crippen molar-refractivity contribution in [1.82, 2.24) is 0 Å². The molecule has 1 fully saturated rings. The van der Waals surface area contributed by atoms with Gasteiger partial charge in [-0.3, -0.25) is 0 Å². The fourth-order valence-corrected chi connectivity index (χ4v) is 2.85. The maximum absolute atomic E-state index is 13.5. The molecule has 0 amide bonds. The zero-order chi connectivity index (χ0) is 15.6. The van der Waals surface area contributed by atoms with Crippen molar-refractivity contribution in [3.63, 3.8) is 0 Å². The van der Waals surface area contributed by atoms with Gasteiger partial charge >= 0.3 is 0 Å². The van der Waals surface area contributed by atoms with Crippen LogP contribution in [-0.2, 0) is 0 Å². The zero-order valence-corrected chi connectivity index (χ0v) is 11.8. The largest absolute Gasteiger partial charge is 0.380 e. The van der Waals surface area contributed by atoms with Crippen LogP contribution in [0.3, 0.4) is 0 Å². The van der Waals surface area contributed by atoms with E-state index in [0.29, 0.717) is 5.92 Å². The topological polar surface area (TPSA) is 12.0 Å². The number of rotatable bonds is 4. The molecule has 6 heteroatoms. The highest BCUT2D eigenvalue weighted by molar-refractivity contribution is 5.47. The summed E-state index contributed by atoms with van der Waals surface area (Å²) in [5.41, 5.74) is -0.927. The minimum Gasteiger partial charge on any atom is -0.380 e. The van der Waals surface area contributed by atoms with Crippen molar-refractivity contribution in [3.05, 3.63) is 29.1 Å². The predicted molar refractivity (Wildman–Crippen MR) is 70.5 cm³/mol. The number of hydrogen-bond acceptors (Lipinski definition) is 1. The van der Waals surface area contributed by atoms with Crippen LogP contribution in [0.15, 0.2) is 0 Å². The monoisotopic (exact) mass is 307 g/mol. The van der Waals surface area contributed by atoms with E-state index in [1.54, 1.807) is 0 Å². The molecular formula is C15H18F5N. The summed E-state index contributed by atoms with van der Waals surface area (Å²) in [6.45, 7) is 2.34. The first-order valence-electron chi connectivity index (χ1n) is 7.21. The summed E-state index contributed by atoms with van der Waals surface area (Å²) in [7, 11) is 0. The lowest BCUT2D eigenvalue weighted by molar-refractivity contribution is 0.277. The van der Waals surface area contributed by atoms with Crippen LogP contribution in [0.1, 0.15) is 39.0 Å². The standard InChI is InChI=1S/C15H18F5N/c1-2-8-3-5-9(6-4-8)7-21-15-13(19)11(17)10(16)12(18)14(15)20/h8-9,21H,2-7H2,1H3. The molecule has 0 radical (unpaired) electrons. The highest BCUT2D eigenvalue weighted by Crippen LogP contribution is 2.32. The lowest BCUT2D eigenvalue weighted by Crippen LogP contribution is -2.22. The number of nitrogens with one attached hydrogen (secondary N) is 1. The Bertz CT molecular complexity index is 480. The molecule has 0 aromatic heterocycles. The molecule has 1 aromatic carbocycles. The van der Waals surface area contributed by atoms with Gasteiger partial charge in [-0.25, -0.2) is 22.0 Å². The van der Waals surface area contributed by atoms with Crippen LogP contribution in [-0.4, -0.2) is 6.54 Å². The molecule has 1 aromatic rings. The molecular weight excluding hydrogens is 289 g/mol. The van der Waals surface area contributed by atoms with Crippen molar-refractivity contribution in [2.45, 2.75) is 39.0 Å². The summed E-state index contributed by atoms with van der Waals surface area (Å²) in [5, 5.41) is 2.40. The van der Waals surface area contributed by atoms with Gasteiger partial charge in [0.25, 0.3) is 0 Å². The average molecular weight is 307 g/mol. The molecule has 0 heterocycles. The van der Waals surface area contributed by atoms with Crippen LogP contribution >= 0.6 is 0 Å². The lowest BCUT2D eigenvalue weighted by Gasteiger charge is -2.28. The molecule has 118 valence electrons. The Morgan fingerprint density at radius 2 is 1.19 bits per heavy atom. The molecule has 1 aliphatic rings. The van der Waals surface area contributed by atoms with E-state index in [4.69, 9.17) is 0 Å². The van der Waals surface area contributed by atoms with Gasteiger partial charge in [-0.05, 0) is 24.7 Å². The van der Waals surface area contributed by atoms with E-state index in [1.807, 2.05) is 0 Å². The van der Waals surface area contributed by atoms with Crippen molar-refractivity contribution in [1.29, 1.82) is 0 Å². The zero-order valence-electron chi connectivity index (χ0n) is 11.8. The second-order valence-electron chi connectivity index (χ2n) is 5.62. The molecule has 1 nitrogen and oxygen atoms in total. The van der Waals surface area contributed by atoms with Gasteiger partial charge in [-0.2, -0.15) is 0 Å². The van der Waals surface area contributed by atoms with Gasteiger partial charge in [0.15, 0.2) is 23.3 Å². The fourth-order valence-electron chi connectivity index (χ4n) is 2.85. The number of benzene rings is 1. The van der Waals surface area contributed by atoms with Crippen LogP contribution in [0.25, 0.3) is 0 Å². The molecule has 1 saturated carbocycles. The summed E-state index contributed by atoms with van der Waals surface area (Å²) in [4.78, 5) is 0. The fraction of sp³-hybridized carbons (Fsp3) is 0.600. The molecule has 0 saturated heterocycles. The van der Waals surface area contributed by atoms with E-state index in [0.717, 1.165) is 32.1 Å². The van der Waals surface area contributed by atoms with E-state index in [9.17, 15) is 22.0 Å². The number of hydrogen-bond donors (Lipinski definition) is 1. The Morgan fingerprint density at radius 1 is 0.762 bits per heavy atom. The van der Waals surface area contributed by atoms with Gasteiger partial charge < -0.3 is 5.32 Å². The van der Waals surface area contributed by atoms with E-state index in [2.05, 4.69) is 12.2 Å². The molecule has 1 N–H and O–H groups in total. The van der Waals surface area contributed by atoms with Crippen LogP contribution in [0.5, 0.6) is 0 Å². The Hall–Kier alpha value is -1.33. The first-order chi connectivity index (χ1) is 9.95. The Labute approximate surface area is 120 Å². The molecule has 1 aliphatic carbocycles. The van der Waals surface area contributed by atoms with Crippen LogP contribution < -0.4 is 5.32 Å². The molecule has 0 bridgehead atoms. The second kappa shape index (κ2) is 6.62. The van der Waals surface area contributed by atoms with Crippen molar-refractivity contribution in [3.8, 4) is 0 Å². The number of anilines is 1. The minimum absolute atomic E-state index is 0.197. The molecule has 2 rings (SSSR count). The third-order valence-corrected chi connectivity index (χ3v) is 4.32. The predicted octanol–water partition coefficient (Wildman–Crippen LogP) is 5.01. The van der Waals surface area contributed by atoms with Crippen molar-refractivity contribution in [2.24, 2.45) is 11.8 Å². The highest BCUT2D eigenvalue weighted by atomic mass is 19.2. The molecule has 0 spiro atoms. The van der Waals surface area contributed by atoms with Gasteiger partial charge in [0.1, 0.15) is 5.69 Å². The maximum atomic E-state index is 13.5. The Balaban J connectivity index is 2.04. The minimum atomic E-state index is -2.13. The lowest BCUT2D eigenvalue weighted by atomic mass is 9.81. The summed E-state index contributed by atoms with van der Waals surface area (Å²) < 4.78 is 66.0. The smallest absolute Gasteiger partial charge is 0.200 e. The Kier molecular flexibility index (Phi) is 5.06. The van der Waals surface area contributed by atoms with Gasteiger partial charge in [-0.1, -0.05) is 26.2 Å². The van der Waals surface area contributed by atoms with Crippen LogP contribution in [0, 0.1) is 40.9 Å². The summed E-state index contributed by atoms with van der Waals surface area (Å²) in [5.74, 6) is -8.67. The van der Waals surface area contributed by atoms with E-state index >= 15 is 0 Å². The van der Waals surface area contributed by atoms with Crippen LogP contribution in [0.2, 0.25) is 0 Å². The van der Waals surface area contributed by atoms with Crippen LogP contribution in [0.4, 0.5) is 27.6 Å². The summed E-state index contributed by atoms with van der Waals surface area (Å²) in [6.07, 6.45) is 5.00. The summed E-state index contributed by atoms with van der Waals surface area (Å²) >= 11 is 0. The quantitative estimate of drug-likeness (QED) is 0.468. The normalized spacial score (nSPS) is 22.4. The van der Waals surface area contributed by atoms with Gasteiger partial charge in [0.05, 0.1) is 0 Å². The molecule has 0 aliphatic heterocycles. The highest BCUT2D eigenvalue weighted by Gasteiger charge is 2.26. The molecule has 0 atom stereocenters. The Morgan fingerprint density at radius 3 is 1.67 bits per heavy atom. The van der Waals surface area contributed by atoms with E-state index in [-0.39, 0.29) is 12.5 Å². The summed E-state index contributed by atoms with van der Waals surface area (Å²) in [6, 6.07) is 0. The third kappa shape index (κ3) is 3.30.